The van der Waals surface area contributed by atoms with Crippen LogP contribution in [0.15, 0.2) is 42.5 Å². The van der Waals surface area contributed by atoms with E-state index in [1.807, 2.05) is 57.2 Å². The van der Waals surface area contributed by atoms with Gasteiger partial charge in [-0.25, -0.2) is 0 Å². The lowest BCUT2D eigenvalue weighted by atomic mass is 10.1. The molecule has 0 fully saturated rings. The Bertz CT molecular complexity index is 888. The Morgan fingerprint density at radius 2 is 1.88 bits per heavy atom. The van der Waals surface area contributed by atoms with E-state index in [1.165, 1.54) is 16.9 Å². The van der Waals surface area contributed by atoms with E-state index in [0.717, 1.165) is 21.9 Å². The summed E-state index contributed by atoms with van der Waals surface area (Å²) in [6.07, 6.45) is 0. The van der Waals surface area contributed by atoms with Crippen LogP contribution in [0.1, 0.15) is 28.4 Å². The Morgan fingerprint density at radius 1 is 1.12 bits per heavy atom. The van der Waals surface area contributed by atoms with Gasteiger partial charge in [-0.15, -0.1) is 10.2 Å². The minimum atomic E-state index is -0.210. The van der Waals surface area contributed by atoms with Crippen LogP contribution in [0.2, 0.25) is 0 Å². The van der Waals surface area contributed by atoms with Crippen LogP contribution in [0.4, 0.5) is 5.13 Å². The van der Waals surface area contributed by atoms with Crippen LogP contribution in [-0.2, 0) is 0 Å². The van der Waals surface area contributed by atoms with Crippen LogP contribution in [0.25, 0.3) is 10.6 Å². The Balaban J connectivity index is 1.73. The lowest BCUT2D eigenvalue weighted by molar-refractivity contribution is 0.102. The number of anilines is 1. The smallest absolute Gasteiger partial charge is 0.257 e. The zero-order valence-corrected chi connectivity index (χ0v) is 15.2. The minimum absolute atomic E-state index is 0.210. The van der Waals surface area contributed by atoms with E-state index < -0.39 is 0 Å². The monoisotopic (exact) mass is 353 g/mol. The summed E-state index contributed by atoms with van der Waals surface area (Å²) in [7, 11) is 0. The van der Waals surface area contributed by atoms with Crippen LogP contribution in [0.5, 0.6) is 5.75 Å². The number of benzene rings is 2. The average Bonchev–Trinajstić information content (AvgIpc) is 3.06. The molecule has 1 heterocycles. The molecule has 0 spiro atoms. The van der Waals surface area contributed by atoms with Gasteiger partial charge in [0.05, 0.1) is 6.61 Å². The van der Waals surface area contributed by atoms with E-state index in [2.05, 4.69) is 15.5 Å². The molecule has 0 saturated heterocycles. The third-order valence-corrected chi connectivity index (χ3v) is 4.57. The molecule has 0 bridgehead atoms. The number of nitrogens with one attached hydrogen (secondary N) is 1. The molecule has 0 aliphatic carbocycles. The number of rotatable bonds is 5. The Labute approximate surface area is 150 Å². The molecule has 0 aliphatic heterocycles. The third kappa shape index (κ3) is 4.03. The van der Waals surface area contributed by atoms with Crippen LogP contribution in [0, 0.1) is 13.8 Å². The summed E-state index contributed by atoms with van der Waals surface area (Å²) >= 11 is 1.35. The molecule has 1 amide bonds. The number of carbonyl (C=O) groups excluding carboxylic acids is 1. The number of aromatic nitrogens is 2. The van der Waals surface area contributed by atoms with Gasteiger partial charge < -0.3 is 4.74 Å². The van der Waals surface area contributed by atoms with Gasteiger partial charge in [-0.05, 0) is 44.5 Å². The number of aryl methyl sites for hydroxylation is 2. The molecule has 3 rings (SSSR count). The van der Waals surface area contributed by atoms with Crippen molar-refractivity contribution in [2.45, 2.75) is 20.8 Å². The first-order chi connectivity index (χ1) is 12.1. The second kappa shape index (κ2) is 7.44. The maximum absolute atomic E-state index is 12.4. The highest BCUT2D eigenvalue weighted by atomic mass is 32.1. The zero-order chi connectivity index (χ0) is 17.8. The van der Waals surface area contributed by atoms with Crippen LogP contribution < -0.4 is 10.1 Å². The molecule has 0 atom stereocenters. The van der Waals surface area contributed by atoms with Crippen molar-refractivity contribution in [3.8, 4) is 16.3 Å². The van der Waals surface area contributed by atoms with Crippen molar-refractivity contribution in [3.63, 3.8) is 0 Å². The second-order valence-corrected chi connectivity index (χ2v) is 6.62. The first kappa shape index (κ1) is 17.1. The topological polar surface area (TPSA) is 64.1 Å². The molecule has 25 heavy (non-hydrogen) atoms. The minimum Gasteiger partial charge on any atom is -0.494 e. The van der Waals surface area contributed by atoms with E-state index in [4.69, 9.17) is 4.74 Å². The van der Waals surface area contributed by atoms with E-state index in [-0.39, 0.29) is 5.91 Å². The van der Waals surface area contributed by atoms with Crippen molar-refractivity contribution in [1.82, 2.24) is 10.2 Å². The summed E-state index contributed by atoms with van der Waals surface area (Å²) in [4.78, 5) is 12.4. The Kier molecular flexibility index (Phi) is 5.09. The lowest BCUT2D eigenvalue weighted by Crippen LogP contribution is -2.12. The van der Waals surface area contributed by atoms with Crippen LogP contribution >= 0.6 is 11.3 Å². The summed E-state index contributed by atoms with van der Waals surface area (Å²) < 4.78 is 5.50. The van der Waals surface area contributed by atoms with Gasteiger partial charge in [0.15, 0.2) is 0 Å². The first-order valence-corrected chi connectivity index (χ1v) is 8.84. The standard InChI is InChI=1S/C19H19N3O2S/c1-4-24-16-10-9-15(11-13(16)3)17(23)20-19-22-21-18(25-19)14-7-5-12(2)6-8-14/h5-11H,4H2,1-3H3,(H,20,22,23). The molecule has 2 aromatic carbocycles. The number of amides is 1. The highest BCUT2D eigenvalue weighted by Crippen LogP contribution is 2.27. The molecule has 5 nitrogen and oxygen atoms in total. The van der Waals surface area contributed by atoms with Gasteiger partial charge in [0.2, 0.25) is 5.13 Å². The molecule has 0 unspecified atom stereocenters. The van der Waals surface area contributed by atoms with Crippen molar-refractivity contribution in [2.75, 3.05) is 11.9 Å². The van der Waals surface area contributed by atoms with Crippen molar-refractivity contribution in [2.24, 2.45) is 0 Å². The van der Waals surface area contributed by atoms with Crippen molar-refractivity contribution in [3.05, 3.63) is 59.2 Å². The maximum Gasteiger partial charge on any atom is 0.257 e. The SMILES string of the molecule is CCOc1ccc(C(=O)Nc2nnc(-c3ccc(C)cc3)s2)cc1C. The highest BCUT2D eigenvalue weighted by molar-refractivity contribution is 7.18. The predicted octanol–water partition coefficient (Wildman–Crippen LogP) is 4.47. The summed E-state index contributed by atoms with van der Waals surface area (Å²) in [6, 6.07) is 13.4. The van der Waals surface area contributed by atoms with Gasteiger partial charge in [0.1, 0.15) is 10.8 Å². The molecule has 1 aromatic heterocycles. The molecule has 1 N–H and O–H groups in total. The number of carbonyl (C=O) groups is 1. The van der Waals surface area contributed by atoms with Crippen molar-refractivity contribution >= 4 is 22.4 Å². The molecule has 0 radical (unpaired) electrons. The highest BCUT2D eigenvalue weighted by Gasteiger charge is 2.12. The zero-order valence-electron chi connectivity index (χ0n) is 14.4. The summed E-state index contributed by atoms with van der Waals surface area (Å²) in [5.41, 5.74) is 3.66. The summed E-state index contributed by atoms with van der Waals surface area (Å²) in [5.74, 6) is 0.578. The first-order valence-electron chi connectivity index (χ1n) is 8.02. The predicted molar refractivity (Wildman–Crippen MR) is 100 cm³/mol. The van der Waals surface area contributed by atoms with E-state index in [1.54, 1.807) is 6.07 Å². The third-order valence-electron chi connectivity index (χ3n) is 3.68. The second-order valence-electron chi connectivity index (χ2n) is 5.65. The summed E-state index contributed by atoms with van der Waals surface area (Å²) in [6.45, 7) is 6.48. The van der Waals surface area contributed by atoms with E-state index >= 15 is 0 Å². The number of nitrogens with zero attached hydrogens (tertiary/aromatic N) is 2. The average molecular weight is 353 g/mol. The quantitative estimate of drug-likeness (QED) is 0.735. The van der Waals surface area contributed by atoms with Gasteiger partial charge in [0.25, 0.3) is 5.91 Å². The number of hydrogen-bond donors (Lipinski definition) is 1. The van der Waals surface area contributed by atoms with Gasteiger partial charge in [-0.1, -0.05) is 41.2 Å². The Hall–Kier alpha value is -2.73. The fraction of sp³-hybridized carbons (Fsp3) is 0.211. The molecule has 3 aromatic rings. The van der Waals surface area contributed by atoms with Gasteiger partial charge in [-0.2, -0.15) is 0 Å². The summed E-state index contributed by atoms with van der Waals surface area (Å²) in [5, 5.41) is 12.3. The van der Waals surface area contributed by atoms with Crippen molar-refractivity contribution < 1.29 is 9.53 Å². The molecule has 0 saturated carbocycles. The van der Waals surface area contributed by atoms with Gasteiger partial charge >= 0.3 is 0 Å². The van der Waals surface area contributed by atoms with Gasteiger partial charge in [0, 0.05) is 11.1 Å². The lowest BCUT2D eigenvalue weighted by Gasteiger charge is -2.08. The molecular formula is C19H19N3O2S. The maximum atomic E-state index is 12.4. The number of hydrogen-bond acceptors (Lipinski definition) is 5. The van der Waals surface area contributed by atoms with Gasteiger partial charge in [-0.3, -0.25) is 10.1 Å². The molecule has 6 heteroatoms. The largest absolute Gasteiger partial charge is 0.494 e. The molecule has 0 aliphatic rings. The number of ether oxygens (including phenoxy) is 1. The van der Waals surface area contributed by atoms with E-state index in [9.17, 15) is 4.79 Å². The van der Waals surface area contributed by atoms with E-state index in [0.29, 0.717) is 17.3 Å². The molecule has 128 valence electrons. The van der Waals surface area contributed by atoms with Crippen molar-refractivity contribution in [1.29, 1.82) is 0 Å². The van der Waals surface area contributed by atoms with Crippen LogP contribution in [-0.4, -0.2) is 22.7 Å². The fourth-order valence-corrected chi connectivity index (χ4v) is 3.11. The normalized spacial score (nSPS) is 10.5. The Morgan fingerprint density at radius 3 is 2.56 bits per heavy atom. The fourth-order valence-electron chi connectivity index (χ4n) is 2.36. The van der Waals surface area contributed by atoms with Crippen LogP contribution in [0.3, 0.4) is 0 Å². The molecular weight excluding hydrogens is 334 g/mol.